The smallest absolute Gasteiger partial charge is 0.250 e. The van der Waals surface area contributed by atoms with Gasteiger partial charge in [-0.25, -0.2) is 4.98 Å². The monoisotopic (exact) mass is 272 g/mol. The fourth-order valence-corrected chi connectivity index (χ4v) is 2.88. The van der Waals surface area contributed by atoms with Crippen LogP contribution in [0.3, 0.4) is 0 Å². The Kier molecular flexibility index (Phi) is 3.44. The minimum atomic E-state index is -0.409. The number of H-pyrrole nitrogens is 1. The third kappa shape index (κ3) is 2.29. The first-order valence-corrected chi connectivity index (χ1v) is 7.22. The molecule has 4 N–H and O–H groups in total. The number of benzene rings is 1. The van der Waals surface area contributed by atoms with Gasteiger partial charge in [0.15, 0.2) is 0 Å². The number of nitrogens with one attached hydrogen (secondary N) is 2. The first-order valence-electron chi connectivity index (χ1n) is 7.22. The molecule has 1 aliphatic heterocycles. The second kappa shape index (κ2) is 5.25. The van der Waals surface area contributed by atoms with E-state index in [0.717, 1.165) is 49.3 Å². The van der Waals surface area contributed by atoms with E-state index >= 15 is 0 Å². The lowest BCUT2D eigenvalue weighted by Crippen LogP contribution is -2.27. The normalized spacial score (nSPS) is 16.6. The number of hydrogen-bond donors (Lipinski definition) is 3. The van der Waals surface area contributed by atoms with E-state index in [9.17, 15) is 4.79 Å². The van der Waals surface area contributed by atoms with Gasteiger partial charge in [0.1, 0.15) is 11.3 Å². The van der Waals surface area contributed by atoms with Crippen molar-refractivity contribution >= 4 is 16.9 Å². The van der Waals surface area contributed by atoms with Crippen LogP contribution in [0.2, 0.25) is 0 Å². The quantitative estimate of drug-likeness (QED) is 0.795. The van der Waals surface area contributed by atoms with Crippen LogP contribution in [0.1, 0.15) is 47.4 Å². The summed E-state index contributed by atoms with van der Waals surface area (Å²) < 4.78 is 0. The number of carbonyl (C=O) groups excluding carboxylic acids is 1. The number of fused-ring (bicyclic) bond motifs is 1. The summed E-state index contributed by atoms with van der Waals surface area (Å²) >= 11 is 0. The van der Waals surface area contributed by atoms with E-state index in [0.29, 0.717) is 17.0 Å². The standard InChI is InChI=1S/C15H20N4O/c1-2-9-7-11(14(16)20)13-12(8-9)18-15(19-13)10-3-5-17-6-4-10/h7-8,10,17H,2-6H2,1H3,(H2,16,20)(H,18,19). The van der Waals surface area contributed by atoms with Crippen LogP contribution >= 0.6 is 0 Å². The van der Waals surface area contributed by atoms with Crippen LogP contribution in [0.15, 0.2) is 12.1 Å². The van der Waals surface area contributed by atoms with Gasteiger partial charge in [-0.1, -0.05) is 6.92 Å². The molecule has 3 rings (SSSR count). The second-order valence-corrected chi connectivity index (χ2v) is 5.40. The summed E-state index contributed by atoms with van der Waals surface area (Å²) in [6.45, 7) is 4.10. The predicted molar refractivity (Wildman–Crippen MR) is 78.8 cm³/mol. The number of carbonyl (C=O) groups is 1. The van der Waals surface area contributed by atoms with Crippen molar-refractivity contribution in [1.82, 2.24) is 15.3 Å². The maximum atomic E-state index is 11.6. The fraction of sp³-hybridized carbons (Fsp3) is 0.467. The summed E-state index contributed by atoms with van der Waals surface area (Å²) in [7, 11) is 0. The number of primary amides is 1. The second-order valence-electron chi connectivity index (χ2n) is 5.40. The first-order chi connectivity index (χ1) is 9.69. The number of aryl methyl sites for hydroxylation is 1. The summed E-state index contributed by atoms with van der Waals surface area (Å²) in [4.78, 5) is 19.7. The zero-order chi connectivity index (χ0) is 14.1. The van der Waals surface area contributed by atoms with Crippen molar-refractivity contribution in [2.45, 2.75) is 32.1 Å². The molecular weight excluding hydrogens is 252 g/mol. The Morgan fingerprint density at radius 1 is 1.40 bits per heavy atom. The Morgan fingerprint density at radius 2 is 2.15 bits per heavy atom. The van der Waals surface area contributed by atoms with Gasteiger partial charge in [-0.15, -0.1) is 0 Å². The van der Waals surface area contributed by atoms with E-state index in [2.05, 4.69) is 28.3 Å². The molecule has 0 spiro atoms. The number of imidazole rings is 1. The number of piperidine rings is 1. The minimum absolute atomic E-state index is 0.409. The number of aromatic nitrogens is 2. The molecule has 0 unspecified atom stereocenters. The summed E-state index contributed by atoms with van der Waals surface area (Å²) in [6.07, 6.45) is 3.02. The van der Waals surface area contributed by atoms with Crippen molar-refractivity contribution in [2.24, 2.45) is 5.73 Å². The number of nitrogens with zero attached hydrogens (tertiary/aromatic N) is 1. The Labute approximate surface area is 118 Å². The van der Waals surface area contributed by atoms with Gasteiger partial charge < -0.3 is 16.0 Å². The zero-order valence-electron chi connectivity index (χ0n) is 11.7. The molecule has 5 nitrogen and oxygen atoms in total. The van der Waals surface area contributed by atoms with Crippen LogP contribution in [0.5, 0.6) is 0 Å². The molecular formula is C15H20N4O. The van der Waals surface area contributed by atoms with Gasteiger partial charge in [0.2, 0.25) is 0 Å². The van der Waals surface area contributed by atoms with E-state index < -0.39 is 5.91 Å². The third-order valence-electron chi connectivity index (χ3n) is 4.06. The fourth-order valence-electron chi connectivity index (χ4n) is 2.88. The number of hydrogen-bond acceptors (Lipinski definition) is 3. The number of amides is 1. The molecule has 1 saturated heterocycles. The van der Waals surface area contributed by atoms with Crippen LogP contribution < -0.4 is 11.1 Å². The highest BCUT2D eigenvalue weighted by Crippen LogP contribution is 2.27. The van der Waals surface area contributed by atoms with Crippen molar-refractivity contribution in [3.8, 4) is 0 Å². The highest BCUT2D eigenvalue weighted by Gasteiger charge is 2.20. The molecule has 106 valence electrons. The molecule has 0 bridgehead atoms. The molecule has 2 aromatic rings. The molecule has 2 heterocycles. The average molecular weight is 272 g/mol. The lowest BCUT2D eigenvalue weighted by Gasteiger charge is -2.20. The zero-order valence-corrected chi connectivity index (χ0v) is 11.7. The minimum Gasteiger partial charge on any atom is -0.366 e. The molecule has 0 aliphatic carbocycles. The van der Waals surface area contributed by atoms with E-state index in [4.69, 9.17) is 5.73 Å². The van der Waals surface area contributed by atoms with Crippen molar-refractivity contribution in [3.05, 3.63) is 29.1 Å². The molecule has 1 aromatic heterocycles. The lowest BCUT2D eigenvalue weighted by atomic mass is 9.98. The Bertz CT molecular complexity index is 641. The SMILES string of the molecule is CCc1cc(C(N)=O)c2nc(C3CCNCC3)[nH]c2c1. The Hall–Kier alpha value is -1.88. The van der Waals surface area contributed by atoms with Gasteiger partial charge in [0.25, 0.3) is 5.91 Å². The van der Waals surface area contributed by atoms with Gasteiger partial charge in [-0.05, 0) is 50.0 Å². The highest BCUT2D eigenvalue weighted by molar-refractivity contribution is 6.04. The van der Waals surface area contributed by atoms with Crippen LogP contribution in [-0.2, 0) is 6.42 Å². The number of rotatable bonds is 3. The van der Waals surface area contributed by atoms with E-state index in [1.165, 1.54) is 0 Å². The predicted octanol–water partition coefficient (Wildman–Crippen LogP) is 1.69. The molecule has 1 fully saturated rings. The topological polar surface area (TPSA) is 83.8 Å². The van der Waals surface area contributed by atoms with Crippen molar-refractivity contribution in [2.75, 3.05) is 13.1 Å². The average Bonchev–Trinajstić information content (AvgIpc) is 2.90. The third-order valence-corrected chi connectivity index (χ3v) is 4.06. The molecule has 0 atom stereocenters. The molecule has 0 radical (unpaired) electrons. The first kappa shape index (κ1) is 13.1. The molecule has 20 heavy (non-hydrogen) atoms. The maximum absolute atomic E-state index is 11.6. The largest absolute Gasteiger partial charge is 0.366 e. The van der Waals surface area contributed by atoms with Gasteiger partial charge in [-0.2, -0.15) is 0 Å². The summed E-state index contributed by atoms with van der Waals surface area (Å²) in [5.41, 5.74) is 8.75. The number of aromatic amines is 1. The molecule has 1 aliphatic rings. The summed E-state index contributed by atoms with van der Waals surface area (Å²) in [6, 6.07) is 3.93. The van der Waals surface area contributed by atoms with E-state index in [1.54, 1.807) is 0 Å². The van der Waals surface area contributed by atoms with Crippen LogP contribution in [0.25, 0.3) is 11.0 Å². The van der Waals surface area contributed by atoms with E-state index in [1.807, 2.05) is 6.07 Å². The summed E-state index contributed by atoms with van der Waals surface area (Å²) in [5.74, 6) is 1.01. The molecule has 0 saturated carbocycles. The van der Waals surface area contributed by atoms with Gasteiger partial charge >= 0.3 is 0 Å². The lowest BCUT2D eigenvalue weighted by molar-refractivity contribution is 0.100. The molecule has 5 heteroatoms. The highest BCUT2D eigenvalue weighted by atomic mass is 16.1. The van der Waals surface area contributed by atoms with Crippen LogP contribution in [0.4, 0.5) is 0 Å². The summed E-state index contributed by atoms with van der Waals surface area (Å²) in [5, 5.41) is 3.35. The Morgan fingerprint density at radius 3 is 2.80 bits per heavy atom. The van der Waals surface area contributed by atoms with Crippen molar-refractivity contribution < 1.29 is 4.79 Å². The van der Waals surface area contributed by atoms with Crippen molar-refractivity contribution in [1.29, 1.82) is 0 Å². The maximum Gasteiger partial charge on any atom is 0.250 e. The van der Waals surface area contributed by atoms with E-state index in [-0.39, 0.29) is 0 Å². The van der Waals surface area contributed by atoms with Crippen molar-refractivity contribution in [3.63, 3.8) is 0 Å². The van der Waals surface area contributed by atoms with Crippen LogP contribution in [-0.4, -0.2) is 29.0 Å². The van der Waals surface area contributed by atoms with Gasteiger partial charge in [-0.3, -0.25) is 4.79 Å². The number of nitrogens with two attached hydrogens (primary N) is 1. The van der Waals surface area contributed by atoms with Gasteiger partial charge in [0.05, 0.1) is 11.1 Å². The Balaban J connectivity index is 2.09. The van der Waals surface area contributed by atoms with Crippen LogP contribution in [0, 0.1) is 0 Å². The van der Waals surface area contributed by atoms with Gasteiger partial charge in [0, 0.05) is 5.92 Å². The molecule has 1 aromatic carbocycles. The molecule has 1 amide bonds.